The number of nitro benzene ring substituents is 1. The number of nitro groups is 1. The summed E-state index contributed by atoms with van der Waals surface area (Å²) in [5.74, 6) is -0.174. The summed E-state index contributed by atoms with van der Waals surface area (Å²) in [6.45, 7) is 0. The molecule has 0 aliphatic heterocycles. The molecule has 0 radical (unpaired) electrons. The molecule has 0 aliphatic carbocycles. The Morgan fingerprint density at radius 2 is 1.86 bits per heavy atom. The minimum atomic E-state index is -4.16. The fraction of sp³-hybridized carbons (Fsp3) is 0. The highest BCUT2D eigenvalue weighted by Gasteiger charge is 2.18. The van der Waals surface area contributed by atoms with Crippen LogP contribution in [0.1, 0.15) is 5.56 Å². The zero-order valence-corrected chi connectivity index (χ0v) is 11.3. The van der Waals surface area contributed by atoms with Crippen molar-refractivity contribution in [3.8, 4) is 11.8 Å². The highest BCUT2D eigenvalue weighted by molar-refractivity contribution is 7.87. The van der Waals surface area contributed by atoms with Gasteiger partial charge < -0.3 is 4.18 Å². The summed E-state index contributed by atoms with van der Waals surface area (Å²) in [4.78, 5) is 9.78. The molecule has 0 spiro atoms. The van der Waals surface area contributed by atoms with E-state index in [1.165, 1.54) is 36.4 Å². The number of nitrogens with zero attached hydrogens (tertiary/aromatic N) is 2. The van der Waals surface area contributed by atoms with E-state index in [9.17, 15) is 18.5 Å². The zero-order valence-electron chi connectivity index (χ0n) is 10.5. The number of hydrogen-bond acceptors (Lipinski definition) is 6. The van der Waals surface area contributed by atoms with Crippen molar-refractivity contribution in [2.75, 3.05) is 0 Å². The van der Waals surface area contributed by atoms with Crippen LogP contribution in [0.15, 0.2) is 53.4 Å². The van der Waals surface area contributed by atoms with Crippen molar-refractivity contribution in [2.45, 2.75) is 4.90 Å². The van der Waals surface area contributed by atoms with Crippen LogP contribution < -0.4 is 4.18 Å². The molecule has 0 atom stereocenters. The van der Waals surface area contributed by atoms with E-state index < -0.39 is 15.0 Å². The number of hydrogen-bond donors (Lipinski definition) is 0. The van der Waals surface area contributed by atoms with Gasteiger partial charge in [0.15, 0.2) is 0 Å². The van der Waals surface area contributed by atoms with E-state index in [1.807, 2.05) is 6.07 Å². The van der Waals surface area contributed by atoms with Crippen LogP contribution in [0, 0.1) is 21.4 Å². The summed E-state index contributed by atoms with van der Waals surface area (Å²) >= 11 is 0. The topological polar surface area (TPSA) is 110 Å². The molecular formula is C13H8N2O5S. The molecule has 2 aromatic rings. The highest BCUT2D eigenvalue weighted by atomic mass is 32.2. The monoisotopic (exact) mass is 304 g/mol. The van der Waals surface area contributed by atoms with Crippen molar-refractivity contribution >= 4 is 15.8 Å². The van der Waals surface area contributed by atoms with Gasteiger partial charge >= 0.3 is 10.1 Å². The van der Waals surface area contributed by atoms with Crippen LogP contribution in [-0.2, 0) is 10.1 Å². The average Bonchev–Trinajstić information content (AvgIpc) is 2.47. The molecule has 0 saturated heterocycles. The Bertz CT molecular complexity index is 840. The number of non-ortho nitro benzene ring substituents is 1. The molecule has 0 saturated carbocycles. The first kappa shape index (κ1) is 14.5. The van der Waals surface area contributed by atoms with Gasteiger partial charge in [0.25, 0.3) is 5.69 Å². The predicted molar refractivity (Wildman–Crippen MR) is 72.1 cm³/mol. The van der Waals surface area contributed by atoms with E-state index in [1.54, 1.807) is 0 Å². The fourth-order valence-corrected chi connectivity index (χ4v) is 2.51. The van der Waals surface area contributed by atoms with Crippen molar-refractivity contribution in [3.63, 3.8) is 0 Å². The normalized spacial score (nSPS) is 10.6. The van der Waals surface area contributed by atoms with E-state index in [4.69, 9.17) is 9.44 Å². The molecule has 0 fully saturated rings. The summed E-state index contributed by atoms with van der Waals surface area (Å²) < 4.78 is 28.9. The molecule has 8 heteroatoms. The van der Waals surface area contributed by atoms with E-state index >= 15 is 0 Å². The second kappa shape index (κ2) is 5.60. The van der Waals surface area contributed by atoms with Gasteiger partial charge in [0.2, 0.25) is 0 Å². The van der Waals surface area contributed by atoms with Crippen molar-refractivity contribution in [2.24, 2.45) is 0 Å². The minimum Gasteiger partial charge on any atom is -0.379 e. The lowest BCUT2D eigenvalue weighted by molar-refractivity contribution is -0.384. The third-order valence-electron chi connectivity index (χ3n) is 2.49. The van der Waals surface area contributed by atoms with E-state index in [-0.39, 0.29) is 21.9 Å². The quantitative estimate of drug-likeness (QED) is 0.486. The van der Waals surface area contributed by atoms with Gasteiger partial charge in [-0.1, -0.05) is 12.1 Å². The van der Waals surface area contributed by atoms with Gasteiger partial charge in [0.1, 0.15) is 10.6 Å². The molecule has 106 valence electrons. The van der Waals surface area contributed by atoms with Crippen LogP contribution in [0.4, 0.5) is 5.69 Å². The van der Waals surface area contributed by atoms with Crippen LogP contribution in [0.25, 0.3) is 0 Å². The van der Waals surface area contributed by atoms with Gasteiger partial charge in [-0.3, -0.25) is 10.1 Å². The second-order valence-corrected chi connectivity index (χ2v) is 5.48. The van der Waals surface area contributed by atoms with Gasteiger partial charge in [-0.15, -0.1) is 0 Å². The summed E-state index contributed by atoms with van der Waals surface area (Å²) in [6, 6.07) is 11.9. The summed E-state index contributed by atoms with van der Waals surface area (Å²) in [5.41, 5.74) is -0.118. The maximum absolute atomic E-state index is 12.0. The van der Waals surface area contributed by atoms with Gasteiger partial charge in [-0.25, -0.2) is 0 Å². The molecule has 0 bridgehead atoms. The molecule has 21 heavy (non-hydrogen) atoms. The summed E-state index contributed by atoms with van der Waals surface area (Å²) in [7, 11) is -4.16. The third-order valence-corrected chi connectivity index (χ3v) is 3.73. The van der Waals surface area contributed by atoms with Crippen molar-refractivity contribution in [1.29, 1.82) is 5.26 Å². The molecule has 0 aromatic heterocycles. The lowest BCUT2D eigenvalue weighted by Crippen LogP contribution is -2.10. The van der Waals surface area contributed by atoms with Crippen molar-refractivity contribution < 1.29 is 17.5 Å². The smallest absolute Gasteiger partial charge is 0.339 e. The Balaban J connectivity index is 2.35. The van der Waals surface area contributed by atoms with Crippen molar-refractivity contribution in [3.05, 3.63) is 64.2 Å². The van der Waals surface area contributed by atoms with Crippen LogP contribution in [0.2, 0.25) is 0 Å². The fourth-order valence-electron chi connectivity index (χ4n) is 1.54. The third kappa shape index (κ3) is 3.34. The maximum Gasteiger partial charge on any atom is 0.339 e. The van der Waals surface area contributed by atoms with Gasteiger partial charge in [-0.05, 0) is 24.3 Å². The van der Waals surface area contributed by atoms with Crippen LogP contribution in [0.3, 0.4) is 0 Å². The van der Waals surface area contributed by atoms with Crippen molar-refractivity contribution in [1.82, 2.24) is 0 Å². The molecule has 0 amide bonds. The Hall–Kier alpha value is -2.92. The van der Waals surface area contributed by atoms with Gasteiger partial charge in [0.05, 0.1) is 22.6 Å². The summed E-state index contributed by atoms with van der Waals surface area (Å²) in [6.07, 6.45) is 0. The Morgan fingerprint density at radius 3 is 2.52 bits per heavy atom. The van der Waals surface area contributed by atoms with Gasteiger partial charge in [-0.2, -0.15) is 13.7 Å². The largest absolute Gasteiger partial charge is 0.379 e. The number of rotatable bonds is 4. The van der Waals surface area contributed by atoms with E-state index in [0.29, 0.717) is 0 Å². The molecule has 0 N–H and O–H groups in total. The first-order valence-corrected chi connectivity index (χ1v) is 7.02. The summed E-state index contributed by atoms with van der Waals surface area (Å²) in [5, 5.41) is 19.4. The zero-order chi connectivity index (χ0) is 15.5. The minimum absolute atomic E-state index is 0.165. The predicted octanol–water partition coefficient (Wildman–Crippen LogP) is 2.23. The first-order chi connectivity index (χ1) is 9.92. The standard InChI is InChI=1S/C13H8N2O5S/c14-9-10-3-1-6-13(7-10)21(18,19)20-12-5-2-4-11(8-12)15(16)17/h1-8H. The second-order valence-electron chi connectivity index (χ2n) is 3.93. The first-order valence-electron chi connectivity index (χ1n) is 5.61. The Morgan fingerprint density at radius 1 is 1.14 bits per heavy atom. The van der Waals surface area contributed by atoms with Crippen LogP contribution >= 0.6 is 0 Å². The Labute approximate surface area is 120 Å². The van der Waals surface area contributed by atoms with Crippen LogP contribution in [0.5, 0.6) is 5.75 Å². The molecular weight excluding hydrogens is 296 g/mol. The highest BCUT2D eigenvalue weighted by Crippen LogP contribution is 2.23. The molecule has 7 nitrogen and oxygen atoms in total. The van der Waals surface area contributed by atoms with Gasteiger partial charge in [0, 0.05) is 6.07 Å². The Kier molecular flexibility index (Phi) is 3.86. The lowest BCUT2D eigenvalue weighted by Gasteiger charge is -2.06. The van der Waals surface area contributed by atoms with E-state index in [2.05, 4.69) is 0 Å². The average molecular weight is 304 g/mol. The number of benzene rings is 2. The maximum atomic E-state index is 12.0. The molecule has 2 aromatic carbocycles. The molecule has 0 unspecified atom stereocenters. The van der Waals surface area contributed by atoms with E-state index in [0.717, 1.165) is 12.1 Å². The molecule has 0 heterocycles. The lowest BCUT2D eigenvalue weighted by atomic mass is 10.2. The SMILES string of the molecule is N#Cc1cccc(S(=O)(=O)Oc2cccc([N+](=O)[O-])c2)c1. The van der Waals surface area contributed by atoms with Crippen LogP contribution in [-0.4, -0.2) is 13.3 Å². The number of nitriles is 1. The molecule has 0 aliphatic rings. The molecule has 2 rings (SSSR count).